The minimum absolute atomic E-state index is 0.530. The maximum atomic E-state index is 5.52. The van der Waals surface area contributed by atoms with Crippen molar-refractivity contribution in [2.75, 3.05) is 21.3 Å². The first kappa shape index (κ1) is 11.5. The molecule has 1 saturated carbocycles. The van der Waals surface area contributed by atoms with Crippen molar-refractivity contribution in [2.24, 2.45) is 5.92 Å². The van der Waals surface area contributed by atoms with Gasteiger partial charge in [-0.2, -0.15) is 0 Å². The van der Waals surface area contributed by atoms with Crippen LogP contribution in [-0.2, 0) is 18.0 Å². The van der Waals surface area contributed by atoms with Crippen LogP contribution in [0, 0.1) is 5.92 Å². The molecular formula is C10H20O4Si. The third-order valence-corrected chi connectivity index (χ3v) is 6.43. The van der Waals surface area contributed by atoms with Gasteiger partial charge in [-0.15, -0.1) is 0 Å². The van der Waals surface area contributed by atoms with Gasteiger partial charge >= 0.3 is 8.80 Å². The van der Waals surface area contributed by atoms with Crippen LogP contribution in [0.4, 0.5) is 0 Å². The van der Waals surface area contributed by atoms with Crippen LogP contribution in [0.15, 0.2) is 0 Å². The Hall–Kier alpha value is 0.0569. The Balaban J connectivity index is 1.79. The molecule has 5 heteroatoms. The Kier molecular flexibility index (Phi) is 3.47. The molecule has 1 saturated heterocycles. The molecule has 0 aromatic carbocycles. The molecular weight excluding hydrogens is 212 g/mol. The van der Waals surface area contributed by atoms with Crippen molar-refractivity contribution in [1.29, 1.82) is 0 Å². The predicted octanol–water partition coefficient (Wildman–Crippen LogP) is 1.43. The van der Waals surface area contributed by atoms with Gasteiger partial charge in [-0.1, -0.05) is 0 Å². The van der Waals surface area contributed by atoms with Gasteiger partial charge in [0.05, 0.1) is 12.2 Å². The van der Waals surface area contributed by atoms with E-state index in [0.717, 1.165) is 12.5 Å². The highest BCUT2D eigenvalue weighted by molar-refractivity contribution is 6.60. The summed E-state index contributed by atoms with van der Waals surface area (Å²) in [5, 5.41) is 0. The van der Waals surface area contributed by atoms with Crippen molar-refractivity contribution < 1.29 is 18.0 Å². The van der Waals surface area contributed by atoms with E-state index in [1.165, 1.54) is 12.8 Å². The van der Waals surface area contributed by atoms with Crippen molar-refractivity contribution in [1.82, 2.24) is 0 Å². The highest BCUT2D eigenvalue weighted by Crippen LogP contribution is 2.45. The van der Waals surface area contributed by atoms with E-state index in [4.69, 9.17) is 18.0 Å². The normalized spacial score (nSPS) is 34.2. The second kappa shape index (κ2) is 4.51. The number of hydrogen-bond acceptors (Lipinski definition) is 4. The third-order valence-electron chi connectivity index (χ3n) is 3.66. The van der Waals surface area contributed by atoms with E-state index in [9.17, 15) is 0 Å². The van der Waals surface area contributed by atoms with Gasteiger partial charge in [0.2, 0.25) is 0 Å². The van der Waals surface area contributed by atoms with E-state index in [0.29, 0.717) is 18.1 Å². The molecule has 1 aliphatic carbocycles. The summed E-state index contributed by atoms with van der Waals surface area (Å²) in [7, 11) is 2.66. The Morgan fingerprint density at radius 1 is 1.13 bits per heavy atom. The van der Waals surface area contributed by atoms with E-state index in [1.807, 2.05) is 0 Å². The zero-order valence-corrected chi connectivity index (χ0v) is 10.7. The van der Waals surface area contributed by atoms with E-state index in [2.05, 4.69) is 0 Å². The van der Waals surface area contributed by atoms with Crippen molar-refractivity contribution in [2.45, 2.75) is 37.5 Å². The molecule has 1 aliphatic heterocycles. The van der Waals surface area contributed by atoms with Gasteiger partial charge in [-0.3, -0.25) is 0 Å². The fourth-order valence-electron chi connectivity index (χ4n) is 2.57. The molecule has 0 aromatic heterocycles. The van der Waals surface area contributed by atoms with Crippen molar-refractivity contribution in [3.63, 3.8) is 0 Å². The van der Waals surface area contributed by atoms with E-state index < -0.39 is 8.80 Å². The van der Waals surface area contributed by atoms with Gasteiger partial charge in [0, 0.05) is 27.4 Å². The fraction of sp³-hybridized carbons (Fsp3) is 1.00. The highest BCUT2D eigenvalue weighted by Gasteiger charge is 2.51. The van der Waals surface area contributed by atoms with Crippen LogP contribution in [0.1, 0.15) is 19.3 Å². The molecule has 1 heterocycles. The summed E-state index contributed by atoms with van der Waals surface area (Å²) in [4.78, 5) is 0. The summed E-state index contributed by atoms with van der Waals surface area (Å²) in [5.41, 5.74) is 0. The van der Waals surface area contributed by atoms with Gasteiger partial charge in [-0.05, 0) is 25.2 Å². The Morgan fingerprint density at radius 2 is 1.80 bits per heavy atom. The lowest BCUT2D eigenvalue weighted by Gasteiger charge is -2.25. The molecule has 2 rings (SSSR count). The van der Waals surface area contributed by atoms with E-state index in [-0.39, 0.29) is 0 Å². The molecule has 0 amide bonds. The molecule has 2 fully saturated rings. The number of fused-ring (bicyclic) bond motifs is 1. The minimum Gasteiger partial charge on any atom is -0.377 e. The number of ether oxygens (including phenoxy) is 1. The van der Waals surface area contributed by atoms with Crippen LogP contribution in [0.5, 0.6) is 0 Å². The fourth-order valence-corrected chi connectivity index (χ4v) is 4.41. The molecule has 3 unspecified atom stereocenters. The monoisotopic (exact) mass is 232 g/mol. The number of rotatable bonds is 6. The van der Waals surface area contributed by atoms with Crippen LogP contribution in [-0.4, -0.2) is 42.3 Å². The Labute approximate surface area is 92.2 Å². The standard InChI is InChI=1S/C10H20O4Si/c1-11-15(12-2,13-3)7-6-8-4-5-9-10(8)14-9/h8-10H,4-7H2,1-3H3. The average Bonchev–Trinajstić information content (AvgIpc) is 2.96. The molecule has 0 aromatic rings. The predicted molar refractivity (Wildman–Crippen MR) is 57.6 cm³/mol. The summed E-state index contributed by atoms with van der Waals surface area (Å²) >= 11 is 0. The van der Waals surface area contributed by atoms with Gasteiger partial charge in [0.25, 0.3) is 0 Å². The molecule has 0 N–H and O–H groups in total. The Bertz CT molecular complexity index is 211. The lowest BCUT2D eigenvalue weighted by molar-refractivity contribution is 0.120. The third kappa shape index (κ3) is 2.26. The lowest BCUT2D eigenvalue weighted by Crippen LogP contribution is -2.43. The van der Waals surface area contributed by atoms with Crippen molar-refractivity contribution in [3.8, 4) is 0 Å². The van der Waals surface area contributed by atoms with Gasteiger partial charge in [0.1, 0.15) is 0 Å². The second-order valence-corrected chi connectivity index (χ2v) is 7.40. The molecule has 0 bridgehead atoms. The summed E-state index contributed by atoms with van der Waals surface area (Å²) in [6.45, 7) is 0. The Morgan fingerprint density at radius 3 is 2.20 bits per heavy atom. The molecule has 2 aliphatic rings. The highest BCUT2D eigenvalue weighted by atomic mass is 28.4. The summed E-state index contributed by atoms with van der Waals surface area (Å²) in [5.74, 6) is 0.697. The van der Waals surface area contributed by atoms with Crippen LogP contribution in [0.3, 0.4) is 0 Å². The topological polar surface area (TPSA) is 40.2 Å². The average molecular weight is 232 g/mol. The van der Waals surface area contributed by atoms with Gasteiger partial charge in [-0.25, -0.2) is 0 Å². The first-order valence-corrected chi connectivity index (χ1v) is 7.49. The number of epoxide rings is 1. The molecule has 15 heavy (non-hydrogen) atoms. The quantitative estimate of drug-likeness (QED) is 0.513. The SMILES string of the molecule is CO[Si](CCC1CCC2OC12)(OC)OC. The van der Waals surface area contributed by atoms with E-state index >= 15 is 0 Å². The molecule has 0 spiro atoms. The zero-order chi connectivity index (χ0) is 10.9. The van der Waals surface area contributed by atoms with Crippen LogP contribution >= 0.6 is 0 Å². The van der Waals surface area contributed by atoms with Crippen molar-refractivity contribution in [3.05, 3.63) is 0 Å². The second-order valence-electron chi connectivity index (χ2n) is 4.31. The molecule has 88 valence electrons. The van der Waals surface area contributed by atoms with Crippen LogP contribution < -0.4 is 0 Å². The summed E-state index contributed by atoms with van der Waals surface area (Å²) in [6, 6.07) is 0.897. The maximum absolute atomic E-state index is 5.52. The summed E-state index contributed by atoms with van der Waals surface area (Å²) < 4.78 is 21.7. The molecule has 4 nitrogen and oxygen atoms in total. The van der Waals surface area contributed by atoms with Crippen molar-refractivity contribution >= 4 is 8.80 Å². The zero-order valence-electron chi connectivity index (χ0n) is 9.69. The smallest absolute Gasteiger partial charge is 0.377 e. The molecule has 0 radical (unpaired) electrons. The van der Waals surface area contributed by atoms with Gasteiger partial charge < -0.3 is 18.0 Å². The maximum Gasteiger partial charge on any atom is 0.500 e. The van der Waals surface area contributed by atoms with Gasteiger partial charge in [0.15, 0.2) is 0 Å². The van der Waals surface area contributed by atoms with Crippen LogP contribution in [0.25, 0.3) is 0 Å². The minimum atomic E-state index is -2.35. The van der Waals surface area contributed by atoms with E-state index in [1.54, 1.807) is 21.3 Å². The molecule has 3 atom stereocenters. The summed E-state index contributed by atoms with van der Waals surface area (Å²) in [6.07, 6.45) is 4.72. The lowest BCUT2D eigenvalue weighted by atomic mass is 10.1. The first-order valence-electron chi connectivity index (χ1n) is 5.55. The first-order chi connectivity index (χ1) is 7.24. The number of hydrogen-bond donors (Lipinski definition) is 0. The largest absolute Gasteiger partial charge is 0.500 e. The van der Waals surface area contributed by atoms with Crippen LogP contribution in [0.2, 0.25) is 6.04 Å².